The summed E-state index contributed by atoms with van der Waals surface area (Å²) in [5, 5.41) is 13.6. The van der Waals surface area contributed by atoms with Crippen LogP contribution in [0.1, 0.15) is 28.1 Å². The van der Waals surface area contributed by atoms with E-state index in [0.29, 0.717) is 16.8 Å². The number of thiazole rings is 1. The molecule has 2 aromatic rings. The van der Waals surface area contributed by atoms with Gasteiger partial charge in [0.2, 0.25) is 5.91 Å². The Bertz CT molecular complexity index is 766. The Morgan fingerprint density at radius 3 is 3.00 bits per heavy atom. The summed E-state index contributed by atoms with van der Waals surface area (Å²) in [5.41, 5.74) is 2.09. The average molecular weight is 334 g/mol. The lowest BCUT2D eigenvalue weighted by atomic mass is 9.96. The first kappa shape index (κ1) is 15.4. The number of aromatic nitrogens is 1. The predicted molar refractivity (Wildman–Crippen MR) is 89.6 cm³/mol. The second-order valence-corrected chi connectivity index (χ2v) is 7.48. The van der Waals surface area contributed by atoms with Crippen LogP contribution < -0.4 is 5.32 Å². The lowest BCUT2D eigenvalue weighted by molar-refractivity contribution is -0.121. The van der Waals surface area contributed by atoms with Crippen LogP contribution in [0.4, 0.5) is 0 Å². The van der Waals surface area contributed by atoms with E-state index < -0.39 is 5.60 Å². The van der Waals surface area contributed by atoms with Crippen LogP contribution in [-0.2, 0) is 23.2 Å². The summed E-state index contributed by atoms with van der Waals surface area (Å²) in [5.74, 6) is -0.0915. The van der Waals surface area contributed by atoms with E-state index in [0.717, 1.165) is 22.6 Å². The highest BCUT2D eigenvalue weighted by Crippen LogP contribution is 2.36. The standard InChI is InChI=1S/C16H18N2O2S2/c1-10-13(22-15(21)18-10)8-14(19)17-9-16(20)7-6-11-4-2-3-5-12(11)16/h2-5,20H,6-9H2,1H3,(H,17,19)(H,18,21). The Morgan fingerprint density at radius 2 is 2.27 bits per heavy atom. The van der Waals surface area contributed by atoms with Gasteiger partial charge in [-0.25, -0.2) is 0 Å². The first-order valence-corrected chi connectivity index (χ1v) is 8.46. The summed E-state index contributed by atoms with van der Waals surface area (Å²) >= 11 is 6.50. The number of fused-ring (bicyclic) bond motifs is 1. The third-order valence-corrected chi connectivity index (χ3v) is 5.49. The summed E-state index contributed by atoms with van der Waals surface area (Å²) in [6.07, 6.45) is 1.79. The van der Waals surface area contributed by atoms with Crippen LogP contribution in [0, 0.1) is 10.9 Å². The minimum Gasteiger partial charge on any atom is -0.383 e. The van der Waals surface area contributed by atoms with E-state index >= 15 is 0 Å². The molecule has 0 radical (unpaired) electrons. The zero-order valence-electron chi connectivity index (χ0n) is 12.3. The number of hydrogen-bond donors (Lipinski definition) is 3. The van der Waals surface area contributed by atoms with Gasteiger partial charge in [-0.3, -0.25) is 4.79 Å². The van der Waals surface area contributed by atoms with E-state index in [4.69, 9.17) is 12.2 Å². The Balaban J connectivity index is 1.64. The zero-order valence-corrected chi connectivity index (χ0v) is 13.9. The van der Waals surface area contributed by atoms with E-state index in [1.54, 1.807) is 0 Å². The van der Waals surface area contributed by atoms with Crippen LogP contribution in [0.25, 0.3) is 0 Å². The molecule has 0 aliphatic heterocycles. The van der Waals surface area contributed by atoms with Gasteiger partial charge in [0, 0.05) is 10.6 Å². The SMILES string of the molecule is Cc1[nH]c(=S)sc1CC(=O)NCC1(O)CCc2ccccc21. The molecular formula is C16H18N2O2S2. The smallest absolute Gasteiger partial charge is 0.225 e. The highest BCUT2D eigenvalue weighted by Gasteiger charge is 2.36. The van der Waals surface area contributed by atoms with E-state index in [1.807, 2.05) is 31.2 Å². The van der Waals surface area contributed by atoms with Gasteiger partial charge in [-0.15, -0.1) is 11.3 Å². The lowest BCUT2D eigenvalue weighted by Gasteiger charge is -2.24. The monoisotopic (exact) mass is 334 g/mol. The maximum absolute atomic E-state index is 12.1. The summed E-state index contributed by atoms with van der Waals surface area (Å²) < 4.78 is 0.684. The molecule has 22 heavy (non-hydrogen) atoms. The number of carbonyl (C=O) groups is 1. The molecular weight excluding hydrogens is 316 g/mol. The summed E-state index contributed by atoms with van der Waals surface area (Å²) in [4.78, 5) is 16.1. The third-order valence-electron chi connectivity index (χ3n) is 4.15. The van der Waals surface area contributed by atoms with Crippen molar-refractivity contribution in [3.63, 3.8) is 0 Å². The third kappa shape index (κ3) is 2.99. The largest absolute Gasteiger partial charge is 0.383 e. The second kappa shape index (κ2) is 5.95. The zero-order chi connectivity index (χ0) is 15.7. The number of hydrogen-bond acceptors (Lipinski definition) is 4. The van der Waals surface area contributed by atoms with Crippen molar-refractivity contribution in [3.05, 3.63) is 49.9 Å². The van der Waals surface area contributed by atoms with Crippen LogP contribution in [0.2, 0.25) is 0 Å². The molecule has 0 spiro atoms. The van der Waals surface area contributed by atoms with Crippen molar-refractivity contribution in [1.29, 1.82) is 0 Å². The van der Waals surface area contributed by atoms with Crippen molar-refractivity contribution in [2.75, 3.05) is 6.54 Å². The molecule has 116 valence electrons. The number of benzene rings is 1. The van der Waals surface area contributed by atoms with E-state index in [-0.39, 0.29) is 12.5 Å². The second-order valence-electron chi connectivity index (χ2n) is 5.70. The highest BCUT2D eigenvalue weighted by molar-refractivity contribution is 7.73. The minimum atomic E-state index is -0.952. The summed E-state index contributed by atoms with van der Waals surface area (Å²) in [6.45, 7) is 2.16. The molecule has 3 rings (SSSR count). The molecule has 1 aromatic carbocycles. The molecule has 1 amide bonds. The number of aryl methyl sites for hydroxylation is 2. The van der Waals surface area contributed by atoms with Crippen molar-refractivity contribution >= 4 is 29.5 Å². The molecule has 3 N–H and O–H groups in total. The van der Waals surface area contributed by atoms with E-state index in [9.17, 15) is 9.90 Å². The van der Waals surface area contributed by atoms with Crippen molar-refractivity contribution in [1.82, 2.24) is 10.3 Å². The number of aromatic amines is 1. The van der Waals surface area contributed by atoms with Crippen LogP contribution >= 0.6 is 23.6 Å². The van der Waals surface area contributed by atoms with Gasteiger partial charge in [-0.05, 0) is 43.1 Å². The van der Waals surface area contributed by atoms with E-state index in [2.05, 4.69) is 10.3 Å². The number of rotatable bonds is 4. The van der Waals surface area contributed by atoms with Gasteiger partial charge in [0.25, 0.3) is 0 Å². The molecule has 1 heterocycles. The summed E-state index contributed by atoms with van der Waals surface area (Å²) in [7, 11) is 0. The highest BCUT2D eigenvalue weighted by atomic mass is 32.1. The van der Waals surface area contributed by atoms with E-state index in [1.165, 1.54) is 16.9 Å². The molecule has 1 aliphatic carbocycles. The molecule has 1 unspecified atom stereocenters. The Morgan fingerprint density at radius 1 is 1.50 bits per heavy atom. The Kier molecular flexibility index (Phi) is 4.16. The van der Waals surface area contributed by atoms with Gasteiger partial charge in [-0.2, -0.15) is 0 Å². The molecule has 6 heteroatoms. The number of aliphatic hydroxyl groups is 1. The molecule has 1 atom stereocenters. The van der Waals surface area contributed by atoms with Crippen LogP contribution in [-0.4, -0.2) is 22.5 Å². The van der Waals surface area contributed by atoms with Crippen molar-refractivity contribution in [3.8, 4) is 0 Å². The number of nitrogens with one attached hydrogen (secondary N) is 2. The molecule has 1 aromatic heterocycles. The molecule has 0 fully saturated rings. The lowest BCUT2D eigenvalue weighted by Crippen LogP contribution is -2.39. The fourth-order valence-corrected chi connectivity index (χ4v) is 4.20. The van der Waals surface area contributed by atoms with Gasteiger partial charge in [0.05, 0.1) is 13.0 Å². The van der Waals surface area contributed by atoms with Gasteiger partial charge < -0.3 is 15.4 Å². The first-order valence-electron chi connectivity index (χ1n) is 7.24. The van der Waals surface area contributed by atoms with Crippen LogP contribution in [0.3, 0.4) is 0 Å². The predicted octanol–water partition coefficient (Wildman–Crippen LogP) is 2.61. The van der Waals surface area contributed by atoms with Crippen LogP contribution in [0.5, 0.6) is 0 Å². The molecule has 0 saturated heterocycles. The fourth-order valence-electron chi connectivity index (χ4n) is 2.91. The molecule has 0 bridgehead atoms. The quantitative estimate of drug-likeness (QED) is 0.753. The van der Waals surface area contributed by atoms with Crippen molar-refractivity contribution in [2.45, 2.75) is 31.8 Å². The van der Waals surface area contributed by atoms with Gasteiger partial charge in [-0.1, -0.05) is 24.3 Å². The minimum absolute atomic E-state index is 0.0915. The maximum Gasteiger partial charge on any atom is 0.225 e. The molecule has 0 saturated carbocycles. The van der Waals surface area contributed by atoms with Gasteiger partial charge >= 0.3 is 0 Å². The fraction of sp³-hybridized carbons (Fsp3) is 0.375. The number of amides is 1. The van der Waals surface area contributed by atoms with Crippen LogP contribution in [0.15, 0.2) is 24.3 Å². The molecule has 1 aliphatic rings. The normalized spacial score (nSPS) is 19.9. The summed E-state index contributed by atoms with van der Waals surface area (Å²) in [6, 6.07) is 7.87. The first-order chi connectivity index (χ1) is 10.5. The number of carbonyl (C=O) groups excluding carboxylic acids is 1. The van der Waals surface area contributed by atoms with Crippen molar-refractivity contribution in [2.24, 2.45) is 0 Å². The van der Waals surface area contributed by atoms with Gasteiger partial charge in [0.15, 0.2) is 3.95 Å². The van der Waals surface area contributed by atoms with Crippen molar-refractivity contribution < 1.29 is 9.90 Å². The Labute approximate surface area is 138 Å². The van der Waals surface area contributed by atoms with Gasteiger partial charge in [0.1, 0.15) is 5.60 Å². The maximum atomic E-state index is 12.1. The average Bonchev–Trinajstić information content (AvgIpc) is 2.99. The Hall–Kier alpha value is -1.50. The number of H-pyrrole nitrogens is 1. The molecule has 4 nitrogen and oxygen atoms in total. The topological polar surface area (TPSA) is 65.1 Å².